The number of aromatic amines is 1. The fraction of sp³-hybridized carbons (Fsp3) is 0.625. The third-order valence-corrected chi connectivity index (χ3v) is 5.42. The number of carbonyl (C=O) groups excluding carboxylic acids is 1. The zero-order valence-electron chi connectivity index (χ0n) is 11.5. The van der Waals surface area contributed by atoms with Crippen LogP contribution in [0.15, 0.2) is 23.1 Å². The minimum atomic E-state index is -0.263. The Morgan fingerprint density at radius 2 is 1.80 bits per heavy atom. The van der Waals surface area contributed by atoms with Crippen molar-refractivity contribution in [1.82, 2.24) is 9.88 Å². The first-order valence-corrected chi connectivity index (χ1v) is 7.69. The molecular formula is C16H20N2O2. The van der Waals surface area contributed by atoms with Gasteiger partial charge in [0.15, 0.2) is 0 Å². The van der Waals surface area contributed by atoms with E-state index in [0.29, 0.717) is 17.5 Å². The van der Waals surface area contributed by atoms with E-state index >= 15 is 0 Å². The Morgan fingerprint density at radius 1 is 1.10 bits per heavy atom. The molecule has 1 aromatic rings. The van der Waals surface area contributed by atoms with Crippen molar-refractivity contribution in [3.8, 4) is 0 Å². The molecule has 4 heteroatoms. The Bertz CT molecular complexity index is 580. The summed E-state index contributed by atoms with van der Waals surface area (Å²) in [6.07, 6.45) is 7.78. The normalized spacial score (nSPS) is 35.1. The number of pyridine rings is 1. The zero-order valence-corrected chi connectivity index (χ0v) is 11.5. The van der Waals surface area contributed by atoms with Crippen LogP contribution in [0.3, 0.4) is 0 Å². The lowest BCUT2D eigenvalue weighted by Crippen LogP contribution is -2.43. The molecule has 2 atom stereocenters. The van der Waals surface area contributed by atoms with E-state index in [1.165, 1.54) is 19.3 Å². The SMILES string of the molecule is O=C(c1ccc[nH]c1=O)N1CC2CC3CC(C2)CC1C3. The number of carbonyl (C=O) groups is 1. The number of nitrogens with one attached hydrogen (secondary N) is 1. The molecule has 4 bridgehead atoms. The van der Waals surface area contributed by atoms with Gasteiger partial charge in [0.25, 0.3) is 11.5 Å². The smallest absolute Gasteiger partial charge is 0.260 e. The van der Waals surface area contributed by atoms with Crippen LogP contribution in [0.1, 0.15) is 42.5 Å². The first-order valence-electron chi connectivity index (χ1n) is 7.69. The summed E-state index contributed by atoms with van der Waals surface area (Å²) < 4.78 is 0. The molecule has 5 rings (SSSR count). The van der Waals surface area contributed by atoms with E-state index < -0.39 is 0 Å². The Hall–Kier alpha value is -1.58. The summed E-state index contributed by atoms with van der Waals surface area (Å²) in [6, 6.07) is 3.74. The zero-order chi connectivity index (χ0) is 13.7. The Balaban J connectivity index is 1.67. The largest absolute Gasteiger partial charge is 0.335 e. The van der Waals surface area contributed by atoms with Crippen molar-refractivity contribution in [2.45, 2.75) is 38.1 Å². The molecule has 106 valence electrons. The molecule has 2 aliphatic carbocycles. The molecule has 0 spiro atoms. The van der Waals surface area contributed by atoms with E-state index in [2.05, 4.69) is 4.98 Å². The highest BCUT2D eigenvalue weighted by Gasteiger charge is 2.44. The molecule has 0 radical (unpaired) electrons. The van der Waals surface area contributed by atoms with Gasteiger partial charge in [0.2, 0.25) is 0 Å². The van der Waals surface area contributed by atoms with Crippen molar-refractivity contribution in [2.24, 2.45) is 17.8 Å². The van der Waals surface area contributed by atoms with Crippen LogP contribution >= 0.6 is 0 Å². The van der Waals surface area contributed by atoms with Gasteiger partial charge in [-0.1, -0.05) is 0 Å². The van der Waals surface area contributed by atoms with Crippen LogP contribution in [0.4, 0.5) is 0 Å². The van der Waals surface area contributed by atoms with Gasteiger partial charge >= 0.3 is 0 Å². The van der Waals surface area contributed by atoms with Crippen LogP contribution in [0.2, 0.25) is 0 Å². The van der Waals surface area contributed by atoms with Crippen LogP contribution in [-0.4, -0.2) is 28.4 Å². The van der Waals surface area contributed by atoms with Gasteiger partial charge in [-0.05, 0) is 62.0 Å². The summed E-state index contributed by atoms with van der Waals surface area (Å²) in [7, 11) is 0. The van der Waals surface area contributed by atoms with Crippen molar-refractivity contribution < 1.29 is 4.79 Å². The highest BCUT2D eigenvalue weighted by molar-refractivity contribution is 5.94. The molecule has 2 saturated heterocycles. The molecule has 4 aliphatic rings. The summed E-state index contributed by atoms with van der Waals surface area (Å²) in [4.78, 5) is 29.2. The fourth-order valence-corrected chi connectivity index (χ4v) is 4.78. The maximum Gasteiger partial charge on any atom is 0.260 e. The van der Waals surface area contributed by atoms with Crippen molar-refractivity contribution in [3.63, 3.8) is 0 Å². The van der Waals surface area contributed by atoms with Gasteiger partial charge in [-0.25, -0.2) is 0 Å². The number of H-pyrrole nitrogens is 1. The topological polar surface area (TPSA) is 53.2 Å². The summed E-state index contributed by atoms with van der Waals surface area (Å²) >= 11 is 0. The molecule has 2 unspecified atom stereocenters. The lowest BCUT2D eigenvalue weighted by atomic mass is 9.68. The Labute approximate surface area is 118 Å². The van der Waals surface area contributed by atoms with E-state index in [9.17, 15) is 9.59 Å². The summed E-state index contributed by atoms with van der Waals surface area (Å²) in [5, 5.41) is 0. The lowest BCUT2D eigenvalue weighted by Gasteiger charge is -2.38. The van der Waals surface area contributed by atoms with Crippen LogP contribution in [0, 0.1) is 17.8 Å². The van der Waals surface area contributed by atoms with Crippen molar-refractivity contribution in [3.05, 3.63) is 34.2 Å². The molecule has 3 heterocycles. The predicted octanol–water partition coefficient (Wildman–Crippen LogP) is 2.03. The van der Waals surface area contributed by atoms with Gasteiger partial charge in [-0.3, -0.25) is 9.59 Å². The number of aromatic nitrogens is 1. The molecule has 0 aromatic carbocycles. The highest BCUT2D eigenvalue weighted by atomic mass is 16.2. The van der Waals surface area contributed by atoms with Crippen LogP contribution < -0.4 is 5.56 Å². The van der Waals surface area contributed by atoms with E-state index in [1.807, 2.05) is 4.90 Å². The number of hydrogen-bond donors (Lipinski definition) is 1. The summed E-state index contributed by atoms with van der Waals surface area (Å²) in [6.45, 7) is 0.852. The number of hydrogen-bond acceptors (Lipinski definition) is 2. The highest BCUT2D eigenvalue weighted by Crippen LogP contribution is 2.47. The average Bonchev–Trinajstić information content (AvgIpc) is 2.62. The number of amides is 1. The Kier molecular flexibility index (Phi) is 2.72. The van der Waals surface area contributed by atoms with Gasteiger partial charge in [0, 0.05) is 18.8 Å². The minimum absolute atomic E-state index is 0.0648. The standard InChI is InChI=1S/C16H20N2O2/c19-15-14(2-1-3-17-15)16(20)18-9-12-5-10-4-11(6-12)8-13(18)7-10/h1-3,10-13H,4-9H2,(H,17,19). The van der Waals surface area contributed by atoms with Gasteiger partial charge in [0.05, 0.1) is 0 Å². The van der Waals surface area contributed by atoms with Crippen molar-refractivity contribution >= 4 is 5.91 Å². The van der Waals surface area contributed by atoms with Crippen molar-refractivity contribution in [2.75, 3.05) is 6.54 Å². The van der Waals surface area contributed by atoms with E-state index in [0.717, 1.165) is 31.2 Å². The summed E-state index contributed by atoms with van der Waals surface area (Å²) in [5.74, 6) is 2.21. The van der Waals surface area contributed by atoms with E-state index in [-0.39, 0.29) is 11.5 Å². The van der Waals surface area contributed by atoms with Crippen molar-refractivity contribution in [1.29, 1.82) is 0 Å². The predicted molar refractivity (Wildman–Crippen MR) is 75.4 cm³/mol. The maximum absolute atomic E-state index is 12.7. The second kappa shape index (κ2) is 4.47. The molecular weight excluding hydrogens is 252 g/mol. The van der Waals surface area contributed by atoms with Crippen LogP contribution in [0.5, 0.6) is 0 Å². The fourth-order valence-electron chi connectivity index (χ4n) is 4.78. The number of fused-ring (bicyclic) bond motifs is 1. The van der Waals surface area contributed by atoms with E-state index in [1.54, 1.807) is 18.3 Å². The third kappa shape index (κ3) is 1.89. The molecule has 1 aromatic heterocycles. The third-order valence-electron chi connectivity index (χ3n) is 5.42. The molecule has 1 N–H and O–H groups in total. The average molecular weight is 272 g/mol. The number of rotatable bonds is 1. The quantitative estimate of drug-likeness (QED) is 0.850. The lowest BCUT2D eigenvalue weighted by molar-refractivity contribution is 0.0631. The molecule has 2 saturated carbocycles. The number of nitrogens with zero attached hydrogens (tertiary/aromatic N) is 1. The van der Waals surface area contributed by atoms with Gasteiger partial charge in [0.1, 0.15) is 5.56 Å². The van der Waals surface area contributed by atoms with Gasteiger partial charge < -0.3 is 9.88 Å². The second-order valence-electron chi connectivity index (χ2n) is 6.80. The van der Waals surface area contributed by atoms with Gasteiger partial charge in [-0.15, -0.1) is 0 Å². The van der Waals surface area contributed by atoms with E-state index in [4.69, 9.17) is 0 Å². The van der Waals surface area contributed by atoms with Crippen LogP contribution in [0.25, 0.3) is 0 Å². The first-order chi connectivity index (χ1) is 9.70. The molecule has 4 nitrogen and oxygen atoms in total. The summed E-state index contributed by atoms with van der Waals surface area (Å²) in [5.41, 5.74) is 0.0372. The van der Waals surface area contributed by atoms with Crippen LogP contribution in [-0.2, 0) is 0 Å². The molecule has 4 fully saturated rings. The monoisotopic (exact) mass is 272 g/mol. The molecule has 20 heavy (non-hydrogen) atoms. The molecule has 1 amide bonds. The Morgan fingerprint density at radius 3 is 2.50 bits per heavy atom. The first kappa shape index (κ1) is 12.2. The van der Waals surface area contributed by atoms with Gasteiger partial charge in [-0.2, -0.15) is 0 Å². The minimum Gasteiger partial charge on any atom is -0.335 e. The molecule has 2 aliphatic heterocycles. The maximum atomic E-state index is 12.7. The second-order valence-corrected chi connectivity index (χ2v) is 6.80.